The summed E-state index contributed by atoms with van der Waals surface area (Å²) in [5.41, 5.74) is -1.14. The molecule has 4 rings (SSSR count). The Hall–Kier alpha value is -2.00. The molecule has 0 spiro atoms. The SMILES string of the molecule is Cl.Cn1cc(S(=O)(=O)N2CCN(C3(CNC(=O)c4cc(F)c(F)cc4Cl)CCC(F)(F)CC3)CC2)nn1. The van der Waals surface area contributed by atoms with Gasteiger partial charge in [-0.25, -0.2) is 26.0 Å². The van der Waals surface area contributed by atoms with E-state index in [1.807, 2.05) is 4.90 Å². The van der Waals surface area contributed by atoms with Gasteiger partial charge in [-0.05, 0) is 25.0 Å². The smallest absolute Gasteiger partial charge is 0.264 e. The summed E-state index contributed by atoms with van der Waals surface area (Å²) in [6.07, 6.45) is 0.622. The average molecular weight is 589 g/mol. The van der Waals surface area contributed by atoms with Gasteiger partial charge in [0, 0.05) is 58.2 Å². The van der Waals surface area contributed by atoms with E-state index < -0.39 is 51.9 Å². The molecular weight excluding hydrogens is 563 g/mol. The lowest BCUT2D eigenvalue weighted by Gasteiger charge is -2.50. The Morgan fingerprint density at radius 2 is 1.68 bits per heavy atom. The highest BCUT2D eigenvalue weighted by Crippen LogP contribution is 2.42. The van der Waals surface area contributed by atoms with Crippen molar-refractivity contribution >= 4 is 39.9 Å². The summed E-state index contributed by atoms with van der Waals surface area (Å²) < 4.78 is 83.4. The third-order valence-electron chi connectivity index (χ3n) is 6.84. The molecule has 1 saturated carbocycles. The minimum atomic E-state index is -3.87. The normalized spacial score (nSPS) is 20.3. The fourth-order valence-electron chi connectivity index (χ4n) is 4.70. The summed E-state index contributed by atoms with van der Waals surface area (Å²) in [7, 11) is -2.32. The van der Waals surface area contributed by atoms with Gasteiger partial charge in [0.2, 0.25) is 10.9 Å². The second-order valence-corrected chi connectivity index (χ2v) is 11.4. The molecule has 2 aromatic rings. The molecule has 0 atom stereocenters. The molecule has 1 aromatic carbocycles. The Morgan fingerprint density at radius 1 is 1.08 bits per heavy atom. The van der Waals surface area contributed by atoms with E-state index in [9.17, 15) is 30.8 Å². The minimum Gasteiger partial charge on any atom is -0.350 e. The van der Waals surface area contributed by atoms with Crippen LogP contribution in [0.2, 0.25) is 5.02 Å². The number of nitrogens with zero attached hydrogens (tertiary/aromatic N) is 5. The van der Waals surface area contributed by atoms with Gasteiger partial charge < -0.3 is 5.32 Å². The van der Waals surface area contributed by atoms with E-state index in [0.717, 1.165) is 0 Å². The number of amides is 1. The molecular formula is C21H26Cl2F4N6O3S. The van der Waals surface area contributed by atoms with Gasteiger partial charge in [0.05, 0.1) is 16.8 Å². The molecule has 1 aliphatic carbocycles. The number of nitrogens with one attached hydrogen (secondary N) is 1. The van der Waals surface area contributed by atoms with E-state index in [4.69, 9.17) is 11.6 Å². The van der Waals surface area contributed by atoms with Gasteiger partial charge in [-0.15, -0.1) is 17.5 Å². The van der Waals surface area contributed by atoms with Crippen LogP contribution < -0.4 is 5.32 Å². The summed E-state index contributed by atoms with van der Waals surface area (Å²) in [6.45, 7) is 0.633. The topological polar surface area (TPSA) is 100 Å². The van der Waals surface area contributed by atoms with E-state index in [0.29, 0.717) is 12.1 Å². The molecule has 1 N–H and O–H groups in total. The number of alkyl halides is 2. The van der Waals surface area contributed by atoms with Gasteiger partial charge in [-0.3, -0.25) is 14.4 Å². The van der Waals surface area contributed by atoms with Crippen molar-refractivity contribution in [2.24, 2.45) is 7.05 Å². The Balaban J connectivity index is 0.00000380. The molecule has 2 heterocycles. The van der Waals surface area contributed by atoms with Crippen LogP contribution in [-0.4, -0.2) is 82.7 Å². The van der Waals surface area contributed by atoms with Gasteiger partial charge in [-0.2, -0.15) is 4.31 Å². The lowest BCUT2D eigenvalue weighted by Crippen LogP contribution is -2.63. The lowest BCUT2D eigenvalue weighted by molar-refractivity contribution is -0.0856. The predicted octanol–water partition coefficient (Wildman–Crippen LogP) is 2.85. The number of aromatic nitrogens is 3. The second kappa shape index (κ2) is 11.0. The van der Waals surface area contributed by atoms with Crippen molar-refractivity contribution in [3.05, 3.63) is 40.6 Å². The molecule has 0 unspecified atom stereocenters. The van der Waals surface area contributed by atoms with Crippen LogP contribution in [-0.2, 0) is 17.1 Å². The van der Waals surface area contributed by atoms with Gasteiger partial charge in [0.25, 0.3) is 15.9 Å². The molecule has 2 fully saturated rings. The quantitative estimate of drug-likeness (QED) is 0.411. The number of sulfonamides is 1. The highest BCUT2D eigenvalue weighted by atomic mass is 35.5. The van der Waals surface area contributed by atoms with Gasteiger partial charge in [0.1, 0.15) is 0 Å². The number of hydrogen-bond acceptors (Lipinski definition) is 6. The Morgan fingerprint density at radius 3 is 2.24 bits per heavy atom. The van der Waals surface area contributed by atoms with Gasteiger partial charge in [0.15, 0.2) is 11.6 Å². The third kappa shape index (κ3) is 6.19. The first kappa shape index (κ1) is 29.6. The second-order valence-electron chi connectivity index (χ2n) is 9.13. The van der Waals surface area contributed by atoms with Crippen molar-refractivity contribution in [1.82, 2.24) is 29.5 Å². The summed E-state index contributed by atoms with van der Waals surface area (Å²) in [5, 5.41) is 9.51. The molecule has 16 heteroatoms. The zero-order valence-electron chi connectivity index (χ0n) is 19.8. The average Bonchev–Trinajstić information content (AvgIpc) is 3.28. The molecule has 2 aliphatic rings. The van der Waals surface area contributed by atoms with Gasteiger partial charge >= 0.3 is 0 Å². The Bertz CT molecular complexity index is 1240. The van der Waals surface area contributed by atoms with E-state index in [1.54, 1.807) is 7.05 Å². The molecule has 9 nitrogen and oxygen atoms in total. The molecule has 37 heavy (non-hydrogen) atoms. The first-order valence-electron chi connectivity index (χ1n) is 11.3. The van der Waals surface area contributed by atoms with Crippen molar-refractivity contribution in [2.75, 3.05) is 32.7 Å². The van der Waals surface area contributed by atoms with Crippen LogP contribution in [0.15, 0.2) is 23.4 Å². The van der Waals surface area contributed by atoms with Crippen molar-refractivity contribution in [3.8, 4) is 0 Å². The van der Waals surface area contributed by atoms with Crippen LogP contribution in [0.25, 0.3) is 0 Å². The van der Waals surface area contributed by atoms with E-state index in [2.05, 4.69) is 15.6 Å². The van der Waals surface area contributed by atoms with Crippen LogP contribution in [0.1, 0.15) is 36.0 Å². The van der Waals surface area contributed by atoms with Crippen LogP contribution in [0.5, 0.6) is 0 Å². The monoisotopic (exact) mass is 588 g/mol. The summed E-state index contributed by atoms with van der Waals surface area (Å²) in [6, 6.07) is 1.38. The van der Waals surface area contributed by atoms with Crippen LogP contribution in [0, 0.1) is 11.6 Å². The number of piperazine rings is 1. The maximum absolute atomic E-state index is 14.0. The predicted molar refractivity (Wildman–Crippen MR) is 128 cm³/mol. The van der Waals surface area contributed by atoms with Crippen molar-refractivity contribution in [2.45, 2.75) is 42.2 Å². The number of carbonyl (C=O) groups is 1. The van der Waals surface area contributed by atoms with Gasteiger partial charge in [-0.1, -0.05) is 16.8 Å². The largest absolute Gasteiger partial charge is 0.350 e. The Labute approximate surface area is 222 Å². The maximum Gasteiger partial charge on any atom is 0.264 e. The number of hydrogen-bond donors (Lipinski definition) is 1. The standard InChI is InChI=1S/C21H25ClF4N6O3S.ClH/c1-30-12-18(28-29-30)36(34,35)32-8-6-31(7-9-32)20(2-4-21(25,26)5-3-20)13-27-19(33)14-10-16(23)17(24)11-15(14)22;/h10-12H,2-9,13H2,1H3,(H,27,33);1H. The van der Waals surface area contributed by atoms with E-state index >= 15 is 0 Å². The molecule has 1 amide bonds. The molecule has 0 bridgehead atoms. The zero-order valence-corrected chi connectivity index (χ0v) is 22.2. The molecule has 206 valence electrons. The minimum absolute atomic E-state index is 0. The van der Waals surface area contributed by atoms with Crippen LogP contribution in [0.3, 0.4) is 0 Å². The molecule has 0 radical (unpaired) electrons. The van der Waals surface area contributed by atoms with Crippen molar-refractivity contribution in [1.29, 1.82) is 0 Å². The first-order valence-corrected chi connectivity index (χ1v) is 13.1. The molecule has 1 aliphatic heterocycles. The fraction of sp³-hybridized carbons (Fsp3) is 0.571. The number of benzene rings is 1. The summed E-state index contributed by atoms with van der Waals surface area (Å²) >= 11 is 5.90. The number of halogens is 6. The lowest BCUT2D eigenvalue weighted by atomic mass is 9.78. The number of carbonyl (C=O) groups excluding carboxylic acids is 1. The number of aryl methyl sites for hydroxylation is 1. The van der Waals surface area contributed by atoms with E-state index in [-0.39, 0.29) is 73.6 Å². The first-order chi connectivity index (χ1) is 16.8. The van der Waals surface area contributed by atoms with E-state index in [1.165, 1.54) is 15.2 Å². The van der Waals surface area contributed by atoms with Crippen molar-refractivity contribution < 1.29 is 30.8 Å². The fourth-order valence-corrected chi connectivity index (χ4v) is 6.27. The summed E-state index contributed by atoms with van der Waals surface area (Å²) in [4.78, 5) is 14.6. The third-order valence-corrected chi connectivity index (χ3v) is 8.91. The Kier molecular flexibility index (Phi) is 8.79. The summed E-state index contributed by atoms with van der Waals surface area (Å²) in [5.74, 6) is -6.04. The molecule has 1 saturated heterocycles. The zero-order chi connectivity index (χ0) is 26.3. The number of rotatable bonds is 6. The van der Waals surface area contributed by atoms with Crippen LogP contribution >= 0.6 is 24.0 Å². The highest BCUT2D eigenvalue weighted by molar-refractivity contribution is 7.89. The van der Waals surface area contributed by atoms with Crippen molar-refractivity contribution in [3.63, 3.8) is 0 Å². The van der Waals surface area contributed by atoms with Crippen LogP contribution in [0.4, 0.5) is 17.6 Å². The molecule has 1 aromatic heterocycles. The highest BCUT2D eigenvalue weighted by Gasteiger charge is 2.48. The maximum atomic E-state index is 14.0.